The highest BCUT2D eigenvalue weighted by Crippen LogP contribution is 2.29. The third-order valence-electron chi connectivity index (χ3n) is 2.96. The summed E-state index contributed by atoms with van der Waals surface area (Å²) in [6.45, 7) is 4.99. The van der Waals surface area contributed by atoms with Crippen LogP contribution in [0.5, 0.6) is 0 Å². The third kappa shape index (κ3) is 5.45. The van der Waals surface area contributed by atoms with E-state index in [1.807, 2.05) is 6.92 Å². The average Bonchev–Trinajstić information content (AvgIpc) is 2.35. The maximum absolute atomic E-state index is 12.4. The van der Waals surface area contributed by atoms with E-state index in [-0.39, 0.29) is 6.04 Å². The molecule has 0 saturated carbocycles. The highest BCUT2D eigenvalue weighted by atomic mass is 32.2. The molecule has 0 aliphatic heterocycles. The molecule has 0 bridgehead atoms. The van der Waals surface area contributed by atoms with Crippen LogP contribution < -0.4 is 5.32 Å². The zero-order valence-electron chi connectivity index (χ0n) is 11.4. The lowest BCUT2D eigenvalue weighted by atomic mass is 10.1. The van der Waals surface area contributed by atoms with Gasteiger partial charge in [0.2, 0.25) is 0 Å². The molecule has 2 atom stereocenters. The maximum Gasteiger partial charge on any atom is 0.416 e. The zero-order valence-corrected chi connectivity index (χ0v) is 12.2. The Kier molecular flexibility index (Phi) is 6.20. The number of nitrogens with one attached hydrogen (secondary N) is 1. The Labute approximate surface area is 117 Å². The second kappa shape index (κ2) is 7.20. The minimum absolute atomic E-state index is 0.0617. The van der Waals surface area contributed by atoms with Gasteiger partial charge in [-0.05, 0) is 49.1 Å². The number of hydrogen-bond donors (Lipinski definition) is 1. The number of rotatable bonds is 6. The standard InChI is InChI=1S/C14H20F3NS/c1-10(9-19-3)8-18-11(2)12-4-6-13(7-5-12)14(15,16)17/h4-7,10-11,18H,8-9H2,1-3H3. The van der Waals surface area contributed by atoms with Crippen molar-refractivity contribution in [1.82, 2.24) is 5.32 Å². The number of hydrogen-bond acceptors (Lipinski definition) is 2. The summed E-state index contributed by atoms with van der Waals surface area (Å²) in [7, 11) is 0. The van der Waals surface area contributed by atoms with Crippen LogP contribution >= 0.6 is 11.8 Å². The molecule has 0 aliphatic carbocycles. The molecule has 1 N–H and O–H groups in total. The molecule has 0 amide bonds. The molecule has 0 fully saturated rings. The van der Waals surface area contributed by atoms with E-state index in [4.69, 9.17) is 0 Å². The Morgan fingerprint density at radius 3 is 2.21 bits per heavy atom. The Balaban J connectivity index is 2.56. The van der Waals surface area contributed by atoms with Gasteiger partial charge in [0.05, 0.1) is 5.56 Å². The summed E-state index contributed by atoms with van der Waals surface area (Å²) >= 11 is 1.80. The van der Waals surface area contributed by atoms with Crippen molar-refractivity contribution in [1.29, 1.82) is 0 Å². The second-order valence-corrected chi connectivity index (χ2v) is 5.72. The molecule has 0 heterocycles. The second-order valence-electron chi connectivity index (χ2n) is 4.81. The van der Waals surface area contributed by atoms with Crippen molar-refractivity contribution in [2.45, 2.75) is 26.1 Å². The molecular weight excluding hydrogens is 271 g/mol. The van der Waals surface area contributed by atoms with Crippen molar-refractivity contribution < 1.29 is 13.2 Å². The van der Waals surface area contributed by atoms with Crippen molar-refractivity contribution in [3.63, 3.8) is 0 Å². The van der Waals surface area contributed by atoms with Gasteiger partial charge in [0.15, 0.2) is 0 Å². The molecule has 2 unspecified atom stereocenters. The molecule has 1 rings (SSSR count). The van der Waals surface area contributed by atoms with Crippen LogP contribution in [-0.4, -0.2) is 18.6 Å². The topological polar surface area (TPSA) is 12.0 Å². The van der Waals surface area contributed by atoms with Crippen LogP contribution in [-0.2, 0) is 6.18 Å². The zero-order chi connectivity index (χ0) is 14.5. The minimum atomic E-state index is -4.26. The fraction of sp³-hybridized carbons (Fsp3) is 0.571. The fourth-order valence-electron chi connectivity index (χ4n) is 1.80. The Hall–Kier alpha value is -0.680. The van der Waals surface area contributed by atoms with Crippen LogP contribution in [0.3, 0.4) is 0 Å². The Morgan fingerprint density at radius 1 is 1.16 bits per heavy atom. The predicted molar refractivity (Wildman–Crippen MR) is 75.4 cm³/mol. The van der Waals surface area contributed by atoms with Gasteiger partial charge in [0.25, 0.3) is 0 Å². The lowest BCUT2D eigenvalue weighted by Crippen LogP contribution is -2.25. The van der Waals surface area contributed by atoms with Crippen LogP contribution in [0.4, 0.5) is 13.2 Å². The van der Waals surface area contributed by atoms with E-state index in [1.165, 1.54) is 0 Å². The van der Waals surface area contributed by atoms with E-state index < -0.39 is 11.7 Å². The Bertz CT molecular complexity index is 375. The van der Waals surface area contributed by atoms with Crippen molar-refractivity contribution in [3.8, 4) is 0 Å². The normalized spacial score (nSPS) is 15.3. The summed E-state index contributed by atoms with van der Waals surface area (Å²) in [5.41, 5.74) is 0.281. The molecule has 0 aromatic heterocycles. The molecule has 0 radical (unpaired) electrons. The first-order valence-electron chi connectivity index (χ1n) is 6.24. The average molecular weight is 291 g/mol. The summed E-state index contributed by atoms with van der Waals surface area (Å²) in [5, 5.41) is 3.35. The SMILES string of the molecule is CSCC(C)CNC(C)c1ccc(C(F)(F)F)cc1. The number of alkyl halides is 3. The largest absolute Gasteiger partial charge is 0.416 e. The molecule has 1 aromatic carbocycles. The van der Waals surface area contributed by atoms with Crippen molar-refractivity contribution in [3.05, 3.63) is 35.4 Å². The van der Waals surface area contributed by atoms with E-state index in [2.05, 4.69) is 18.5 Å². The molecule has 0 spiro atoms. The van der Waals surface area contributed by atoms with E-state index in [0.717, 1.165) is 30.0 Å². The van der Waals surface area contributed by atoms with E-state index in [0.29, 0.717) is 5.92 Å². The van der Waals surface area contributed by atoms with Gasteiger partial charge in [-0.3, -0.25) is 0 Å². The van der Waals surface area contributed by atoms with Gasteiger partial charge in [-0.15, -0.1) is 0 Å². The quantitative estimate of drug-likeness (QED) is 0.836. The molecule has 0 saturated heterocycles. The first kappa shape index (κ1) is 16.4. The van der Waals surface area contributed by atoms with Gasteiger partial charge in [-0.25, -0.2) is 0 Å². The van der Waals surface area contributed by atoms with E-state index in [1.54, 1.807) is 23.9 Å². The van der Waals surface area contributed by atoms with Gasteiger partial charge in [0.1, 0.15) is 0 Å². The summed E-state index contributed by atoms with van der Waals surface area (Å²) < 4.78 is 37.3. The highest BCUT2D eigenvalue weighted by molar-refractivity contribution is 7.98. The van der Waals surface area contributed by atoms with Crippen molar-refractivity contribution in [2.75, 3.05) is 18.6 Å². The molecule has 108 valence electrons. The lowest BCUT2D eigenvalue weighted by molar-refractivity contribution is -0.137. The van der Waals surface area contributed by atoms with Crippen molar-refractivity contribution >= 4 is 11.8 Å². The summed E-state index contributed by atoms with van der Waals surface area (Å²) in [6, 6.07) is 5.42. The number of benzene rings is 1. The van der Waals surface area contributed by atoms with Gasteiger partial charge in [0, 0.05) is 6.04 Å². The number of halogens is 3. The molecule has 0 aliphatic rings. The van der Waals surface area contributed by atoms with Crippen molar-refractivity contribution in [2.24, 2.45) is 5.92 Å². The maximum atomic E-state index is 12.4. The molecule has 19 heavy (non-hydrogen) atoms. The van der Waals surface area contributed by atoms with Gasteiger partial charge in [-0.2, -0.15) is 24.9 Å². The molecule has 1 aromatic rings. The van der Waals surface area contributed by atoms with Gasteiger partial charge < -0.3 is 5.32 Å². The summed E-state index contributed by atoms with van der Waals surface area (Å²) in [4.78, 5) is 0. The Morgan fingerprint density at radius 2 is 1.74 bits per heavy atom. The van der Waals surface area contributed by atoms with E-state index >= 15 is 0 Å². The van der Waals surface area contributed by atoms with Crippen LogP contribution in [0.25, 0.3) is 0 Å². The number of thioether (sulfide) groups is 1. The van der Waals surface area contributed by atoms with Crippen LogP contribution in [0.2, 0.25) is 0 Å². The lowest BCUT2D eigenvalue weighted by Gasteiger charge is -2.18. The van der Waals surface area contributed by atoms with Gasteiger partial charge >= 0.3 is 6.18 Å². The minimum Gasteiger partial charge on any atom is -0.310 e. The van der Waals surface area contributed by atoms with Crippen LogP contribution in [0.1, 0.15) is 31.0 Å². The summed E-state index contributed by atoms with van der Waals surface area (Å²) in [5.74, 6) is 1.62. The summed E-state index contributed by atoms with van der Waals surface area (Å²) in [6.07, 6.45) is -2.20. The molecule has 1 nitrogen and oxygen atoms in total. The molecular formula is C14H20F3NS. The van der Waals surface area contributed by atoms with Gasteiger partial charge in [-0.1, -0.05) is 19.1 Å². The smallest absolute Gasteiger partial charge is 0.310 e. The van der Waals surface area contributed by atoms with Crippen LogP contribution in [0, 0.1) is 5.92 Å². The van der Waals surface area contributed by atoms with Crippen LogP contribution in [0.15, 0.2) is 24.3 Å². The third-order valence-corrected chi connectivity index (χ3v) is 3.86. The highest BCUT2D eigenvalue weighted by Gasteiger charge is 2.30. The monoisotopic (exact) mass is 291 g/mol. The molecule has 5 heteroatoms. The fourth-order valence-corrected chi connectivity index (χ4v) is 2.49. The first-order chi connectivity index (χ1) is 8.84. The first-order valence-corrected chi connectivity index (χ1v) is 7.63. The van der Waals surface area contributed by atoms with E-state index in [9.17, 15) is 13.2 Å². The predicted octanol–water partition coefficient (Wildman–Crippen LogP) is 4.36.